The van der Waals surface area contributed by atoms with Crippen LogP contribution in [0.25, 0.3) is 0 Å². The molecule has 66 valence electrons. The lowest BCUT2D eigenvalue weighted by Gasteiger charge is -2.01. The van der Waals surface area contributed by atoms with Gasteiger partial charge in [0.25, 0.3) is 0 Å². The van der Waals surface area contributed by atoms with Gasteiger partial charge in [-0.25, -0.2) is 4.39 Å². The monoisotopic (exact) mass is 172 g/mol. The Bertz CT molecular complexity index is 273. The first kappa shape index (κ1) is 10.6. The Morgan fingerprint density at radius 2 is 2.17 bits per heavy atom. The van der Waals surface area contributed by atoms with Gasteiger partial charge < -0.3 is 10.2 Å². The Labute approximate surface area is 69.1 Å². The van der Waals surface area contributed by atoms with Crippen LogP contribution in [-0.2, 0) is 0 Å². The smallest absolute Gasteiger partial charge is 0.175 e. The molecular formula is C8H9FO3. The number of carbonyl (C=O) groups excluding carboxylic acids is 1. The summed E-state index contributed by atoms with van der Waals surface area (Å²) in [5.74, 6) is -0.514. The van der Waals surface area contributed by atoms with Crippen LogP contribution in [0.15, 0.2) is 18.2 Å². The molecule has 0 spiro atoms. The van der Waals surface area contributed by atoms with Gasteiger partial charge in [-0.1, -0.05) is 6.07 Å². The van der Waals surface area contributed by atoms with Gasteiger partial charge >= 0.3 is 0 Å². The molecule has 0 unspecified atom stereocenters. The van der Waals surface area contributed by atoms with Gasteiger partial charge in [0.2, 0.25) is 0 Å². The molecule has 0 atom stereocenters. The summed E-state index contributed by atoms with van der Waals surface area (Å²) >= 11 is 0. The van der Waals surface area contributed by atoms with Crippen LogP contribution < -0.4 is 4.74 Å². The second-order valence-corrected chi connectivity index (χ2v) is 1.98. The highest BCUT2D eigenvalue weighted by molar-refractivity contribution is 5.76. The largest absolute Gasteiger partial charge is 0.494 e. The molecule has 0 aliphatic rings. The second kappa shape index (κ2) is 4.46. The van der Waals surface area contributed by atoms with E-state index in [0.29, 0.717) is 6.29 Å². The first-order valence-electron chi connectivity index (χ1n) is 3.07. The maximum absolute atomic E-state index is 12.9. The zero-order valence-electron chi connectivity index (χ0n) is 6.50. The molecule has 3 nitrogen and oxygen atoms in total. The predicted octanol–water partition coefficient (Wildman–Crippen LogP) is 0.822. The van der Waals surface area contributed by atoms with E-state index in [1.165, 1.54) is 19.2 Å². The number of benzene rings is 1. The molecule has 4 heteroatoms. The van der Waals surface area contributed by atoms with Gasteiger partial charge in [0.1, 0.15) is 0 Å². The summed E-state index contributed by atoms with van der Waals surface area (Å²) in [5.41, 5.74) is 0.0179. The van der Waals surface area contributed by atoms with Gasteiger partial charge in [-0.05, 0) is 12.1 Å². The molecule has 0 saturated carbocycles. The van der Waals surface area contributed by atoms with Gasteiger partial charge in [-0.3, -0.25) is 4.79 Å². The maximum atomic E-state index is 12.9. The SMILES string of the molecule is COc1cccc(C=O)c1F.O. The average molecular weight is 172 g/mol. The van der Waals surface area contributed by atoms with Crippen molar-refractivity contribution in [3.8, 4) is 5.75 Å². The van der Waals surface area contributed by atoms with Gasteiger partial charge in [0, 0.05) is 0 Å². The first-order valence-corrected chi connectivity index (χ1v) is 3.07. The number of hydrogen-bond donors (Lipinski definition) is 0. The van der Waals surface area contributed by atoms with E-state index in [0.717, 1.165) is 0 Å². The van der Waals surface area contributed by atoms with Crippen molar-refractivity contribution in [3.05, 3.63) is 29.6 Å². The average Bonchev–Trinajstić information content (AvgIpc) is 2.05. The Balaban J connectivity index is 0.00000121. The van der Waals surface area contributed by atoms with Gasteiger partial charge in [-0.15, -0.1) is 0 Å². The molecule has 0 aromatic heterocycles. The molecule has 0 bridgehead atoms. The Kier molecular flexibility index (Phi) is 3.93. The third-order valence-corrected chi connectivity index (χ3v) is 1.34. The number of hydrogen-bond acceptors (Lipinski definition) is 2. The fourth-order valence-electron chi connectivity index (χ4n) is 0.776. The highest BCUT2D eigenvalue weighted by Gasteiger charge is 2.05. The van der Waals surface area contributed by atoms with Crippen molar-refractivity contribution in [1.82, 2.24) is 0 Å². The number of carbonyl (C=O) groups is 1. The molecule has 0 fully saturated rings. The summed E-state index contributed by atoms with van der Waals surface area (Å²) in [7, 11) is 1.35. The summed E-state index contributed by atoms with van der Waals surface area (Å²) in [6.07, 6.45) is 0.456. The highest BCUT2D eigenvalue weighted by atomic mass is 19.1. The minimum Gasteiger partial charge on any atom is -0.494 e. The number of aldehydes is 1. The van der Waals surface area contributed by atoms with Crippen LogP contribution in [-0.4, -0.2) is 18.9 Å². The van der Waals surface area contributed by atoms with Gasteiger partial charge in [0.15, 0.2) is 17.9 Å². The van der Waals surface area contributed by atoms with E-state index in [1.54, 1.807) is 6.07 Å². The zero-order chi connectivity index (χ0) is 8.27. The fourth-order valence-corrected chi connectivity index (χ4v) is 0.776. The zero-order valence-corrected chi connectivity index (χ0v) is 6.50. The summed E-state index contributed by atoms with van der Waals surface area (Å²) in [6.45, 7) is 0. The normalized spacial score (nSPS) is 8.50. The summed E-state index contributed by atoms with van der Waals surface area (Å²) < 4.78 is 17.6. The minimum absolute atomic E-state index is 0. The predicted molar refractivity (Wildman–Crippen MR) is 42.0 cm³/mol. The molecule has 0 saturated heterocycles. The van der Waals surface area contributed by atoms with E-state index in [4.69, 9.17) is 0 Å². The Hall–Kier alpha value is -1.42. The van der Waals surface area contributed by atoms with E-state index in [-0.39, 0.29) is 16.8 Å². The standard InChI is InChI=1S/C8H7FO2.H2O/c1-11-7-4-2-3-6(5-10)8(7)9;/h2-5H,1H3;1H2. The van der Waals surface area contributed by atoms with Crippen LogP contribution in [0.2, 0.25) is 0 Å². The molecule has 1 rings (SSSR count). The number of rotatable bonds is 2. The molecule has 0 aliphatic carbocycles. The molecule has 1 aromatic carbocycles. The number of halogens is 1. The molecular weight excluding hydrogens is 163 g/mol. The number of ether oxygens (including phenoxy) is 1. The van der Waals surface area contributed by atoms with Crippen LogP contribution in [0.4, 0.5) is 4.39 Å². The summed E-state index contributed by atoms with van der Waals surface area (Å²) in [5, 5.41) is 0. The molecule has 12 heavy (non-hydrogen) atoms. The minimum atomic E-state index is -0.606. The van der Waals surface area contributed by atoms with Crippen LogP contribution in [0.1, 0.15) is 10.4 Å². The van der Waals surface area contributed by atoms with Crippen LogP contribution in [0, 0.1) is 5.82 Å². The van der Waals surface area contributed by atoms with Crippen molar-refractivity contribution in [2.45, 2.75) is 0 Å². The highest BCUT2D eigenvalue weighted by Crippen LogP contribution is 2.17. The molecule has 2 N–H and O–H groups in total. The van der Waals surface area contributed by atoms with Crippen molar-refractivity contribution in [1.29, 1.82) is 0 Å². The van der Waals surface area contributed by atoms with Gasteiger partial charge in [-0.2, -0.15) is 0 Å². The van der Waals surface area contributed by atoms with E-state index in [1.807, 2.05) is 0 Å². The van der Waals surface area contributed by atoms with E-state index in [2.05, 4.69) is 4.74 Å². The fraction of sp³-hybridized carbons (Fsp3) is 0.125. The van der Waals surface area contributed by atoms with E-state index in [9.17, 15) is 9.18 Å². The lowest BCUT2D eigenvalue weighted by Crippen LogP contribution is -1.92. The molecule has 0 aliphatic heterocycles. The van der Waals surface area contributed by atoms with E-state index >= 15 is 0 Å². The van der Waals surface area contributed by atoms with Crippen molar-refractivity contribution in [2.75, 3.05) is 7.11 Å². The third-order valence-electron chi connectivity index (χ3n) is 1.34. The Morgan fingerprint density at radius 1 is 1.50 bits per heavy atom. The second-order valence-electron chi connectivity index (χ2n) is 1.98. The molecule has 0 heterocycles. The lowest BCUT2D eigenvalue weighted by atomic mass is 10.2. The van der Waals surface area contributed by atoms with Crippen molar-refractivity contribution >= 4 is 6.29 Å². The quantitative estimate of drug-likeness (QED) is 0.620. The summed E-state index contributed by atoms with van der Waals surface area (Å²) in [6, 6.07) is 4.42. The summed E-state index contributed by atoms with van der Waals surface area (Å²) in [4.78, 5) is 10.2. The van der Waals surface area contributed by atoms with Crippen LogP contribution >= 0.6 is 0 Å². The maximum Gasteiger partial charge on any atom is 0.175 e. The van der Waals surface area contributed by atoms with E-state index < -0.39 is 5.82 Å². The Morgan fingerprint density at radius 3 is 2.67 bits per heavy atom. The van der Waals surface area contributed by atoms with Crippen LogP contribution in [0.3, 0.4) is 0 Å². The van der Waals surface area contributed by atoms with Crippen molar-refractivity contribution < 1.29 is 19.4 Å². The number of methoxy groups -OCH3 is 1. The van der Waals surface area contributed by atoms with Gasteiger partial charge in [0.05, 0.1) is 12.7 Å². The first-order chi connectivity index (χ1) is 5.29. The third kappa shape index (κ3) is 1.79. The lowest BCUT2D eigenvalue weighted by molar-refractivity contribution is 0.111. The molecule has 0 amide bonds. The van der Waals surface area contributed by atoms with Crippen molar-refractivity contribution in [3.63, 3.8) is 0 Å². The van der Waals surface area contributed by atoms with Crippen LogP contribution in [0.5, 0.6) is 5.75 Å². The molecule has 1 aromatic rings. The van der Waals surface area contributed by atoms with Crippen molar-refractivity contribution in [2.24, 2.45) is 0 Å². The topological polar surface area (TPSA) is 57.8 Å². The molecule has 0 radical (unpaired) electrons.